The number of hydrogen-bond acceptors (Lipinski definition) is 5. The van der Waals surface area contributed by atoms with Crippen molar-refractivity contribution in [3.8, 4) is 0 Å². The number of nitrogens with zero attached hydrogens (tertiary/aromatic N) is 1. The topological polar surface area (TPSA) is 136 Å². The van der Waals surface area contributed by atoms with Gasteiger partial charge in [-0.3, -0.25) is 19.7 Å². The first-order valence-corrected chi connectivity index (χ1v) is 6.38. The molecular formula is C13H17N3O5. The number of carbonyl (C=O) groups excluding carboxylic acids is 1. The molecule has 0 saturated carbocycles. The maximum absolute atomic E-state index is 11.6. The second kappa shape index (κ2) is 7.95. The van der Waals surface area contributed by atoms with Gasteiger partial charge in [-0.2, -0.15) is 0 Å². The van der Waals surface area contributed by atoms with Crippen LogP contribution >= 0.6 is 0 Å². The van der Waals surface area contributed by atoms with Gasteiger partial charge in [0.2, 0.25) is 5.91 Å². The lowest BCUT2D eigenvalue weighted by Gasteiger charge is -2.11. The van der Waals surface area contributed by atoms with E-state index in [-0.39, 0.29) is 18.5 Å². The molecule has 114 valence electrons. The molecule has 0 aromatic heterocycles. The molecular weight excluding hydrogens is 278 g/mol. The molecule has 0 bridgehead atoms. The van der Waals surface area contributed by atoms with Crippen molar-refractivity contribution in [1.29, 1.82) is 0 Å². The standard InChI is InChI=1S/C13H17N3O5/c14-11(5-6-12(17)18)13(19)15-8-7-9-1-3-10(4-2-9)16(20)21/h1-4,11H,5-8,14H2,(H,15,19)(H,17,18). The van der Waals surface area contributed by atoms with Gasteiger partial charge in [-0.1, -0.05) is 12.1 Å². The van der Waals surface area contributed by atoms with Gasteiger partial charge < -0.3 is 16.2 Å². The summed E-state index contributed by atoms with van der Waals surface area (Å²) in [4.78, 5) is 32.0. The van der Waals surface area contributed by atoms with Crippen LogP contribution in [0.3, 0.4) is 0 Å². The summed E-state index contributed by atoms with van der Waals surface area (Å²) in [5, 5.41) is 21.6. The van der Waals surface area contributed by atoms with Crippen LogP contribution in [0, 0.1) is 10.1 Å². The summed E-state index contributed by atoms with van der Waals surface area (Å²) in [6.45, 7) is 0.331. The average Bonchev–Trinajstić information content (AvgIpc) is 2.45. The van der Waals surface area contributed by atoms with Crippen LogP contribution < -0.4 is 11.1 Å². The summed E-state index contributed by atoms with van der Waals surface area (Å²) in [6, 6.07) is 5.19. The number of amides is 1. The molecule has 4 N–H and O–H groups in total. The van der Waals surface area contributed by atoms with Gasteiger partial charge in [0, 0.05) is 25.1 Å². The van der Waals surface area contributed by atoms with Crippen LogP contribution in [0.1, 0.15) is 18.4 Å². The van der Waals surface area contributed by atoms with E-state index in [9.17, 15) is 19.7 Å². The Balaban J connectivity index is 2.34. The molecule has 0 saturated heterocycles. The fraction of sp³-hybridized carbons (Fsp3) is 0.385. The highest BCUT2D eigenvalue weighted by Crippen LogP contribution is 2.11. The van der Waals surface area contributed by atoms with Crippen molar-refractivity contribution in [1.82, 2.24) is 5.32 Å². The van der Waals surface area contributed by atoms with E-state index in [2.05, 4.69) is 5.32 Å². The van der Waals surface area contributed by atoms with Gasteiger partial charge in [0.05, 0.1) is 11.0 Å². The maximum Gasteiger partial charge on any atom is 0.303 e. The smallest absolute Gasteiger partial charge is 0.303 e. The van der Waals surface area contributed by atoms with Crippen LogP contribution in [0.4, 0.5) is 5.69 Å². The Hall–Kier alpha value is -2.48. The average molecular weight is 295 g/mol. The summed E-state index contributed by atoms with van der Waals surface area (Å²) in [7, 11) is 0. The van der Waals surface area contributed by atoms with Crippen molar-refractivity contribution in [2.45, 2.75) is 25.3 Å². The first kappa shape index (κ1) is 16.6. The number of nitro groups is 1. The van der Waals surface area contributed by atoms with Gasteiger partial charge >= 0.3 is 5.97 Å². The molecule has 8 nitrogen and oxygen atoms in total. The minimum atomic E-state index is -0.996. The minimum absolute atomic E-state index is 0.0125. The SMILES string of the molecule is NC(CCC(=O)O)C(=O)NCCc1ccc([N+](=O)[O-])cc1. The Kier molecular flexibility index (Phi) is 6.28. The highest BCUT2D eigenvalue weighted by Gasteiger charge is 2.14. The first-order chi connectivity index (χ1) is 9.90. The maximum atomic E-state index is 11.6. The van der Waals surface area contributed by atoms with Crippen molar-refractivity contribution in [3.05, 3.63) is 39.9 Å². The number of carboxylic acids is 1. The van der Waals surface area contributed by atoms with E-state index in [4.69, 9.17) is 10.8 Å². The van der Waals surface area contributed by atoms with Crippen LogP contribution in [0.25, 0.3) is 0 Å². The molecule has 0 heterocycles. The Labute approximate surface area is 121 Å². The summed E-state index contributed by atoms with van der Waals surface area (Å²) in [5.41, 5.74) is 6.41. The van der Waals surface area contributed by atoms with Crippen molar-refractivity contribution in [2.75, 3.05) is 6.54 Å². The van der Waals surface area contributed by atoms with E-state index in [0.29, 0.717) is 13.0 Å². The van der Waals surface area contributed by atoms with E-state index in [1.807, 2.05) is 0 Å². The molecule has 0 spiro atoms. The summed E-state index contributed by atoms with van der Waals surface area (Å²) >= 11 is 0. The number of benzene rings is 1. The van der Waals surface area contributed by atoms with E-state index in [0.717, 1.165) is 5.56 Å². The Morgan fingerprint density at radius 3 is 2.48 bits per heavy atom. The Morgan fingerprint density at radius 2 is 1.95 bits per heavy atom. The van der Waals surface area contributed by atoms with E-state index in [1.54, 1.807) is 12.1 Å². The van der Waals surface area contributed by atoms with E-state index in [1.165, 1.54) is 12.1 Å². The fourth-order valence-electron chi connectivity index (χ4n) is 1.66. The molecule has 0 fully saturated rings. The number of carboxylic acid groups (broad SMARTS) is 1. The third kappa shape index (κ3) is 6.00. The predicted octanol–water partition coefficient (Wildman–Crippen LogP) is 0.446. The summed E-state index contributed by atoms with van der Waals surface area (Å²) in [5.74, 6) is -1.40. The molecule has 1 rings (SSSR count). The minimum Gasteiger partial charge on any atom is -0.481 e. The van der Waals surface area contributed by atoms with Crippen LogP contribution in [-0.4, -0.2) is 34.5 Å². The molecule has 1 unspecified atom stereocenters. The molecule has 0 aliphatic rings. The zero-order valence-electron chi connectivity index (χ0n) is 11.3. The normalized spacial score (nSPS) is 11.7. The predicted molar refractivity (Wildman–Crippen MR) is 74.7 cm³/mol. The number of hydrogen-bond donors (Lipinski definition) is 3. The summed E-state index contributed by atoms with van der Waals surface area (Å²) in [6.07, 6.45) is 0.436. The Bertz CT molecular complexity index is 515. The van der Waals surface area contributed by atoms with Crippen LogP contribution in [0.2, 0.25) is 0 Å². The number of carbonyl (C=O) groups is 2. The van der Waals surface area contributed by atoms with Crippen LogP contribution in [0.15, 0.2) is 24.3 Å². The third-order valence-electron chi connectivity index (χ3n) is 2.87. The number of nitrogens with two attached hydrogens (primary N) is 1. The second-order valence-electron chi connectivity index (χ2n) is 4.50. The molecule has 1 aromatic rings. The number of non-ortho nitro benzene ring substituents is 1. The molecule has 1 atom stereocenters. The molecule has 0 radical (unpaired) electrons. The van der Waals surface area contributed by atoms with Crippen LogP contribution in [0.5, 0.6) is 0 Å². The van der Waals surface area contributed by atoms with Crippen molar-refractivity contribution in [2.24, 2.45) is 5.73 Å². The van der Waals surface area contributed by atoms with Gasteiger partial charge in [0.15, 0.2) is 0 Å². The zero-order valence-corrected chi connectivity index (χ0v) is 11.3. The fourth-order valence-corrected chi connectivity index (χ4v) is 1.66. The van der Waals surface area contributed by atoms with Gasteiger partial charge in [-0.15, -0.1) is 0 Å². The number of rotatable bonds is 8. The highest BCUT2D eigenvalue weighted by atomic mass is 16.6. The lowest BCUT2D eigenvalue weighted by atomic mass is 10.1. The molecule has 0 aliphatic carbocycles. The van der Waals surface area contributed by atoms with Gasteiger partial charge in [-0.25, -0.2) is 0 Å². The molecule has 8 heteroatoms. The lowest BCUT2D eigenvalue weighted by Crippen LogP contribution is -2.41. The zero-order chi connectivity index (χ0) is 15.8. The number of nitro benzene ring substituents is 1. The van der Waals surface area contributed by atoms with Crippen molar-refractivity contribution < 1.29 is 19.6 Å². The van der Waals surface area contributed by atoms with E-state index >= 15 is 0 Å². The molecule has 1 aromatic carbocycles. The van der Waals surface area contributed by atoms with Gasteiger partial charge in [-0.05, 0) is 18.4 Å². The second-order valence-corrected chi connectivity index (χ2v) is 4.50. The molecule has 1 amide bonds. The van der Waals surface area contributed by atoms with Crippen molar-refractivity contribution >= 4 is 17.6 Å². The molecule has 21 heavy (non-hydrogen) atoms. The number of aliphatic carboxylic acids is 1. The monoisotopic (exact) mass is 295 g/mol. The summed E-state index contributed by atoms with van der Waals surface area (Å²) < 4.78 is 0. The highest BCUT2D eigenvalue weighted by molar-refractivity contribution is 5.82. The third-order valence-corrected chi connectivity index (χ3v) is 2.87. The van der Waals surface area contributed by atoms with Gasteiger partial charge in [0.1, 0.15) is 0 Å². The number of nitrogens with one attached hydrogen (secondary N) is 1. The first-order valence-electron chi connectivity index (χ1n) is 6.38. The Morgan fingerprint density at radius 1 is 1.33 bits per heavy atom. The molecule has 0 aliphatic heterocycles. The van der Waals surface area contributed by atoms with Crippen LogP contribution in [-0.2, 0) is 16.0 Å². The van der Waals surface area contributed by atoms with Gasteiger partial charge in [0.25, 0.3) is 5.69 Å². The largest absolute Gasteiger partial charge is 0.481 e. The van der Waals surface area contributed by atoms with Crippen molar-refractivity contribution in [3.63, 3.8) is 0 Å². The lowest BCUT2D eigenvalue weighted by molar-refractivity contribution is -0.384. The van der Waals surface area contributed by atoms with E-state index < -0.39 is 22.8 Å². The quantitative estimate of drug-likeness (QED) is 0.470.